The summed E-state index contributed by atoms with van der Waals surface area (Å²) in [5.41, 5.74) is 0. The van der Waals surface area contributed by atoms with Crippen LogP contribution in [0.4, 0.5) is 0 Å². The molecule has 0 saturated heterocycles. The first-order chi connectivity index (χ1) is 17.0. The van der Waals surface area contributed by atoms with Crippen LogP contribution in [0.25, 0.3) is 0 Å². The number of hydrogen-bond acceptors (Lipinski definition) is 19. The molecule has 0 aliphatic carbocycles. The number of carbonyl (C=O) groups excluding carboxylic acids is 4. The van der Waals surface area contributed by atoms with E-state index in [9.17, 15) is 19.2 Å². The summed E-state index contributed by atoms with van der Waals surface area (Å²) in [7, 11) is 0. The van der Waals surface area contributed by atoms with Gasteiger partial charge >= 0.3 is 5.97 Å². The van der Waals surface area contributed by atoms with Crippen molar-refractivity contribution >= 4 is 36.5 Å². The quantitative estimate of drug-likeness (QED) is 0.0265. The van der Waals surface area contributed by atoms with Crippen LogP contribution in [0.2, 0.25) is 0 Å². The third kappa shape index (κ3) is 16.5. The monoisotopic (exact) mass is 533 g/mol. The number of thiol groups is 1. The van der Waals surface area contributed by atoms with Crippen LogP contribution in [0.3, 0.4) is 0 Å². The highest BCUT2D eigenvalue weighted by Crippen LogP contribution is 2.03. The molecule has 0 atom stereocenters. The van der Waals surface area contributed by atoms with Crippen LogP contribution in [-0.2, 0) is 83.9 Å². The first-order valence-corrected chi connectivity index (χ1v) is 9.42. The molecule has 1 rings (SSSR count). The molecule has 0 aromatic carbocycles. The van der Waals surface area contributed by atoms with Crippen LogP contribution >= 0.6 is 12.8 Å². The van der Waals surface area contributed by atoms with E-state index in [1.807, 2.05) is 4.89 Å². The maximum atomic E-state index is 11.6. The Hall–Kier alpha value is -2.77. The van der Waals surface area contributed by atoms with E-state index in [1.54, 1.807) is 0 Å². The Bertz CT molecular complexity index is 690. The average Bonchev–Trinajstić information content (AvgIpc) is 3.16. The highest BCUT2D eigenvalue weighted by atomic mass is 32.1. The molecule has 3 amide bonds. The predicted octanol–water partition coefficient (Wildman–Crippen LogP) is -1.83. The Morgan fingerprint density at radius 1 is 0.886 bits per heavy atom. The third-order valence-electron chi connectivity index (χ3n) is 3.06. The number of carbonyl (C=O) groups is 4. The molecule has 1 heterocycles. The molecule has 1 aliphatic heterocycles. The smallest absolute Gasteiger partial charge is 0.353 e. The van der Waals surface area contributed by atoms with Crippen molar-refractivity contribution in [2.24, 2.45) is 0 Å². The van der Waals surface area contributed by atoms with E-state index < -0.39 is 17.8 Å². The fraction of sp³-hybridized carbons (Fsp3) is 0.429. The molecule has 0 aromatic heterocycles. The van der Waals surface area contributed by atoms with E-state index in [2.05, 4.69) is 78.1 Å². The van der Waals surface area contributed by atoms with Gasteiger partial charge in [-0.25, -0.2) is 9.68 Å². The highest BCUT2D eigenvalue weighted by Gasteiger charge is 2.23. The summed E-state index contributed by atoms with van der Waals surface area (Å²) in [6, 6.07) is 0. The number of nitrogens with one attached hydrogen (secondary N) is 2. The topological polar surface area (TPSA) is 216 Å². The first kappa shape index (κ1) is 30.3. The first-order valence-electron chi connectivity index (χ1n) is 8.97. The van der Waals surface area contributed by atoms with Crippen molar-refractivity contribution in [1.82, 2.24) is 15.1 Å². The summed E-state index contributed by atoms with van der Waals surface area (Å²) in [4.78, 5) is 60.5. The number of ether oxygens (including phenoxy) is 1. The van der Waals surface area contributed by atoms with Gasteiger partial charge in [-0.1, -0.05) is 17.7 Å². The third-order valence-corrected chi connectivity index (χ3v) is 3.15. The number of hydrogen-bond donors (Lipinski definition) is 3. The number of imide groups is 1. The van der Waals surface area contributed by atoms with Crippen LogP contribution < -0.4 is 10.2 Å². The standard InChI is InChI=1S/C14H19N3O17S/c18-11(3-6-17-12(19)1-2-13(17)20)15-5-8-22-9-10-24-27-29-31-33-34-32-30-28-26-23-7-4-14(21)25-16-35/h1-2,4,7,16,35H,3,5-6,8-10H2,(H,15,18). The summed E-state index contributed by atoms with van der Waals surface area (Å²) >= 11 is 3.39. The van der Waals surface area contributed by atoms with Gasteiger partial charge in [0.25, 0.3) is 11.8 Å². The Balaban J connectivity index is 1.76. The van der Waals surface area contributed by atoms with Crippen molar-refractivity contribution in [2.45, 2.75) is 6.42 Å². The summed E-state index contributed by atoms with van der Waals surface area (Å²) < 4.78 is 5.12. The molecule has 2 N–H and O–H groups in total. The van der Waals surface area contributed by atoms with Crippen molar-refractivity contribution in [2.75, 3.05) is 32.9 Å². The van der Waals surface area contributed by atoms with Gasteiger partial charge in [-0.3, -0.25) is 19.3 Å². The van der Waals surface area contributed by atoms with Gasteiger partial charge in [0, 0.05) is 56.9 Å². The Morgan fingerprint density at radius 3 is 2.17 bits per heavy atom. The minimum Gasteiger partial charge on any atom is -0.377 e. The second-order valence-corrected chi connectivity index (χ2v) is 5.40. The zero-order chi connectivity index (χ0) is 25.6. The van der Waals surface area contributed by atoms with E-state index in [1.165, 1.54) is 0 Å². The molecule has 0 radical (unpaired) electrons. The lowest BCUT2D eigenvalue weighted by atomic mass is 10.3. The highest BCUT2D eigenvalue weighted by molar-refractivity contribution is 7.77. The second kappa shape index (κ2) is 20.6. The van der Waals surface area contributed by atoms with Gasteiger partial charge in [-0.05, 0) is 20.2 Å². The van der Waals surface area contributed by atoms with Crippen molar-refractivity contribution in [3.05, 3.63) is 24.5 Å². The van der Waals surface area contributed by atoms with Gasteiger partial charge in [-0.2, -0.15) is 0 Å². The molecule has 35 heavy (non-hydrogen) atoms. The molecular weight excluding hydrogens is 514 g/mol. The summed E-state index contributed by atoms with van der Waals surface area (Å²) in [6.45, 7) is 0.276. The second-order valence-electron chi connectivity index (χ2n) is 5.22. The van der Waals surface area contributed by atoms with Crippen LogP contribution in [-0.4, -0.2) is 61.5 Å². The largest absolute Gasteiger partial charge is 0.377 e. The lowest BCUT2D eigenvalue weighted by Gasteiger charge is -2.13. The minimum absolute atomic E-state index is 0.0101. The average molecular weight is 533 g/mol. The van der Waals surface area contributed by atoms with Crippen molar-refractivity contribution < 1.29 is 83.9 Å². The minimum atomic E-state index is -0.863. The van der Waals surface area contributed by atoms with E-state index in [4.69, 9.17) is 4.74 Å². The number of rotatable bonds is 22. The maximum absolute atomic E-state index is 11.6. The maximum Gasteiger partial charge on any atom is 0.353 e. The predicted molar refractivity (Wildman–Crippen MR) is 98.5 cm³/mol. The van der Waals surface area contributed by atoms with Gasteiger partial charge in [0.05, 0.1) is 19.3 Å². The zero-order valence-corrected chi connectivity index (χ0v) is 18.3. The zero-order valence-electron chi connectivity index (χ0n) is 17.4. The van der Waals surface area contributed by atoms with E-state index >= 15 is 0 Å². The molecule has 0 spiro atoms. The van der Waals surface area contributed by atoms with Crippen LogP contribution in [0, 0.1) is 0 Å². The van der Waals surface area contributed by atoms with Crippen LogP contribution in [0.5, 0.6) is 0 Å². The molecule has 20 nitrogen and oxygen atoms in total. The van der Waals surface area contributed by atoms with Gasteiger partial charge in [0.15, 0.2) is 0 Å². The lowest BCUT2D eigenvalue weighted by Crippen LogP contribution is -2.35. The Labute approximate surface area is 200 Å². The van der Waals surface area contributed by atoms with E-state index in [0.29, 0.717) is 6.26 Å². The summed E-state index contributed by atoms with van der Waals surface area (Å²) in [6.07, 6.45) is 3.73. The molecule has 1 aliphatic rings. The molecule has 0 fully saturated rings. The summed E-state index contributed by atoms with van der Waals surface area (Å²) in [5, 5.41) is 36.5. The number of nitrogens with zero attached hydrogens (tertiary/aromatic N) is 1. The number of amides is 3. The molecule has 0 aromatic rings. The SMILES string of the molecule is O=C(CCN1C(=O)C=CC1=O)NCCOCCOOOOOOOOOOOC=CC(=O)ONS. The van der Waals surface area contributed by atoms with Gasteiger partial charge in [-0.15, -0.1) is 0 Å². The normalized spacial score (nSPS) is 13.1. The fourth-order valence-corrected chi connectivity index (χ4v) is 1.83. The molecule has 21 heteroatoms. The molecule has 0 saturated carbocycles. The van der Waals surface area contributed by atoms with Crippen LogP contribution in [0.1, 0.15) is 6.42 Å². The van der Waals surface area contributed by atoms with Crippen molar-refractivity contribution in [3.63, 3.8) is 0 Å². The molecular formula is C14H19N3O17S. The van der Waals surface area contributed by atoms with E-state index in [-0.39, 0.29) is 45.2 Å². The summed E-state index contributed by atoms with van der Waals surface area (Å²) in [5.74, 6) is -2.12. The lowest BCUT2D eigenvalue weighted by molar-refractivity contribution is -0.853. The van der Waals surface area contributed by atoms with Gasteiger partial charge in [0.2, 0.25) is 5.91 Å². The molecule has 0 unspecified atom stereocenters. The van der Waals surface area contributed by atoms with Gasteiger partial charge < -0.3 is 19.8 Å². The Morgan fingerprint density at radius 2 is 1.51 bits per heavy atom. The van der Waals surface area contributed by atoms with Gasteiger partial charge in [0.1, 0.15) is 12.9 Å². The molecule has 0 bridgehead atoms. The van der Waals surface area contributed by atoms with Crippen molar-refractivity contribution in [1.29, 1.82) is 0 Å². The molecule has 198 valence electrons. The Kier molecular flexibility index (Phi) is 17.8. The van der Waals surface area contributed by atoms with Crippen molar-refractivity contribution in [3.8, 4) is 0 Å². The fourth-order valence-electron chi connectivity index (χ4n) is 1.74. The van der Waals surface area contributed by atoms with Crippen LogP contribution in [0.15, 0.2) is 24.5 Å². The van der Waals surface area contributed by atoms with E-state index in [0.717, 1.165) is 23.1 Å².